The number of hydrogen-bond donors (Lipinski definition) is 0. The van der Waals surface area contributed by atoms with Gasteiger partial charge in [0, 0.05) is 6.42 Å². The van der Waals surface area contributed by atoms with Crippen molar-refractivity contribution in [2.24, 2.45) is 0 Å². The molecule has 0 fully saturated rings. The van der Waals surface area contributed by atoms with Gasteiger partial charge in [-0.15, -0.1) is 0 Å². The molecule has 1 rings (SSSR count). The van der Waals surface area contributed by atoms with E-state index in [0.29, 0.717) is 0 Å². The fourth-order valence-electron chi connectivity index (χ4n) is 2.92. The molecule has 0 aliphatic carbocycles. The van der Waals surface area contributed by atoms with E-state index in [1.165, 1.54) is 76.6 Å². The van der Waals surface area contributed by atoms with E-state index in [-0.39, 0.29) is 0 Å². The van der Waals surface area contributed by atoms with E-state index in [4.69, 9.17) is 0 Å². The van der Waals surface area contributed by atoms with Gasteiger partial charge in [0.2, 0.25) is 0 Å². The first kappa shape index (κ1) is 17.3. The number of aromatic nitrogens is 2. The van der Waals surface area contributed by atoms with Crippen LogP contribution >= 0.6 is 0 Å². The highest BCUT2D eigenvalue weighted by Gasteiger charge is 2.14. The Bertz CT molecular complexity index is 341. The van der Waals surface area contributed by atoms with Crippen LogP contribution in [0.15, 0.2) is 12.4 Å². The lowest BCUT2D eigenvalue weighted by atomic mass is 10.1. The first-order valence-corrected chi connectivity index (χ1v) is 8.90. The monoisotopic (exact) mass is 279 g/mol. The van der Waals surface area contributed by atoms with Gasteiger partial charge >= 0.3 is 0 Å². The van der Waals surface area contributed by atoms with Gasteiger partial charge in [-0.2, -0.15) is 0 Å². The van der Waals surface area contributed by atoms with Crippen molar-refractivity contribution in [2.45, 2.75) is 98.1 Å². The normalized spacial score (nSPS) is 11.2. The zero-order valence-corrected chi connectivity index (χ0v) is 14.0. The summed E-state index contributed by atoms with van der Waals surface area (Å²) in [6.07, 6.45) is 18.2. The van der Waals surface area contributed by atoms with Gasteiger partial charge in [-0.1, -0.05) is 52.4 Å². The molecule has 0 spiro atoms. The van der Waals surface area contributed by atoms with Crippen molar-refractivity contribution in [3.63, 3.8) is 0 Å². The topological polar surface area (TPSA) is 8.81 Å². The van der Waals surface area contributed by atoms with Crippen molar-refractivity contribution < 1.29 is 4.57 Å². The maximum atomic E-state index is 2.48. The van der Waals surface area contributed by atoms with Crippen molar-refractivity contribution >= 4 is 0 Å². The average Bonchev–Trinajstić information content (AvgIpc) is 2.84. The van der Waals surface area contributed by atoms with Crippen LogP contribution in [0.25, 0.3) is 0 Å². The van der Waals surface area contributed by atoms with Crippen LogP contribution in [0, 0.1) is 0 Å². The predicted molar refractivity (Wildman–Crippen MR) is 86.9 cm³/mol. The third kappa shape index (κ3) is 6.11. The summed E-state index contributed by atoms with van der Waals surface area (Å²) in [5.74, 6) is 1.51. The fourth-order valence-corrected chi connectivity index (χ4v) is 2.92. The van der Waals surface area contributed by atoms with Gasteiger partial charge in [-0.25, -0.2) is 9.13 Å². The quantitative estimate of drug-likeness (QED) is 0.380. The Morgan fingerprint density at radius 1 is 0.850 bits per heavy atom. The molecule has 1 aromatic rings. The minimum atomic E-state index is 1.10. The Labute approximate surface area is 126 Å². The summed E-state index contributed by atoms with van der Waals surface area (Å²) < 4.78 is 4.87. The maximum Gasteiger partial charge on any atom is 0.256 e. The van der Waals surface area contributed by atoms with Crippen LogP contribution < -0.4 is 4.57 Å². The summed E-state index contributed by atoms with van der Waals surface area (Å²) in [5.41, 5.74) is 0. The first-order valence-electron chi connectivity index (χ1n) is 8.90. The molecular weight excluding hydrogens is 244 g/mol. The van der Waals surface area contributed by atoms with E-state index in [1.54, 1.807) is 0 Å². The highest BCUT2D eigenvalue weighted by Crippen LogP contribution is 2.08. The van der Waals surface area contributed by atoms with Crippen LogP contribution in [-0.4, -0.2) is 4.57 Å². The van der Waals surface area contributed by atoms with E-state index in [0.717, 1.165) is 6.54 Å². The zero-order valence-electron chi connectivity index (χ0n) is 14.0. The average molecular weight is 279 g/mol. The molecule has 0 bridgehead atoms. The second kappa shape index (κ2) is 10.9. The Morgan fingerprint density at radius 2 is 1.50 bits per heavy atom. The van der Waals surface area contributed by atoms with Gasteiger partial charge in [-0.3, -0.25) is 0 Å². The van der Waals surface area contributed by atoms with Gasteiger partial charge < -0.3 is 0 Å². The van der Waals surface area contributed by atoms with E-state index < -0.39 is 0 Å². The molecule has 0 saturated carbocycles. The molecule has 20 heavy (non-hydrogen) atoms. The molecule has 0 unspecified atom stereocenters. The Hall–Kier alpha value is -0.790. The van der Waals surface area contributed by atoms with E-state index in [1.807, 2.05) is 0 Å². The van der Waals surface area contributed by atoms with Crippen molar-refractivity contribution in [1.82, 2.24) is 4.57 Å². The Morgan fingerprint density at radius 3 is 2.10 bits per heavy atom. The number of imidazole rings is 1. The van der Waals surface area contributed by atoms with E-state index in [9.17, 15) is 0 Å². The molecule has 0 aliphatic rings. The summed E-state index contributed by atoms with van der Waals surface area (Å²) >= 11 is 0. The second-order valence-corrected chi connectivity index (χ2v) is 5.92. The summed E-state index contributed by atoms with van der Waals surface area (Å²) in [5, 5.41) is 0. The lowest BCUT2D eigenvalue weighted by Crippen LogP contribution is -2.37. The number of rotatable bonds is 12. The van der Waals surface area contributed by atoms with Crippen molar-refractivity contribution in [3.05, 3.63) is 18.2 Å². The highest BCUT2D eigenvalue weighted by molar-refractivity contribution is 4.83. The SMILES string of the molecule is CCCCCCCCCC[n+]1ccn(CC)c1CCC. The molecule has 116 valence electrons. The zero-order chi connectivity index (χ0) is 14.6. The van der Waals surface area contributed by atoms with E-state index in [2.05, 4.69) is 42.3 Å². The molecule has 0 saturated heterocycles. The Balaban J connectivity index is 2.19. The molecule has 2 nitrogen and oxygen atoms in total. The van der Waals surface area contributed by atoms with Gasteiger partial charge in [0.05, 0.1) is 13.1 Å². The van der Waals surface area contributed by atoms with Crippen LogP contribution in [0.5, 0.6) is 0 Å². The standard InChI is InChI=1S/C18H35N2/c1-4-7-8-9-10-11-12-13-15-20-17-16-19(6-3)18(20)14-5-2/h16-17H,4-15H2,1-3H3/q+1. The molecule has 0 amide bonds. The maximum absolute atomic E-state index is 2.48. The van der Waals surface area contributed by atoms with Gasteiger partial charge in [-0.05, 0) is 26.2 Å². The minimum Gasteiger partial charge on any atom is -0.235 e. The molecule has 2 heteroatoms. The summed E-state index contributed by atoms with van der Waals surface area (Å²) in [4.78, 5) is 0. The number of nitrogens with zero attached hydrogens (tertiary/aromatic N) is 2. The first-order chi connectivity index (χ1) is 9.83. The largest absolute Gasteiger partial charge is 0.256 e. The molecule has 1 aromatic heterocycles. The third-order valence-corrected chi connectivity index (χ3v) is 4.16. The molecule has 0 radical (unpaired) electrons. The van der Waals surface area contributed by atoms with Gasteiger partial charge in [0.15, 0.2) is 0 Å². The predicted octanol–water partition coefficient (Wildman–Crippen LogP) is 4.89. The summed E-state index contributed by atoms with van der Waals surface area (Å²) in [7, 11) is 0. The molecule has 0 aliphatic heterocycles. The molecular formula is C18H35N2+. The number of unbranched alkanes of at least 4 members (excludes halogenated alkanes) is 7. The van der Waals surface area contributed by atoms with Crippen LogP contribution in [0.2, 0.25) is 0 Å². The lowest BCUT2D eigenvalue weighted by molar-refractivity contribution is -0.704. The third-order valence-electron chi connectivity index (χ3n) is 4.16. The fraction of sp³-hybridized carbons (Fsp3) is 0.833. The van der Waals surface area contributed by atoms with E-state index >= 15 is 0 Å². The van der Waals surface area contributed by atoms with Gasteiger partial charge in [0.1, 0.15) is 12.4 Å². The molecule has 1 heterocycles. The van der Waals surface area contributed by atoms with Crippen LogP contribution in [0.1, 0.15) is 84.4 Å². The molecule has 0 aromatic carbocycles. The van der Waals surface area contributed by atoms with Crippen LogP contribution in [0.3, 0.4) is 0 Å². The lowest BCUT2D eigenvalue weighted by Gasteiger charge is -2.04. The van der Waals surface area contributed by atoms with Crippen LogP contribution in [0.4, 0.5) is 0 Å². The van der Waals surface area contributed by atoms with Crippen molar-refractivity contribution in [3.8, 4) is 0 Å². The summed E-state index contributed by atoms with van der Waals surface area (Å²) in [6.45, 7) is 9.10. The number of aryl methyl sites for hydroxylation is 2. The smallest absolute Gasteiger partial charge is 0.235 e. The number of hydrogen-bond acceptors (Lipinski definition) is 0. The summed E-state index contributed by atoms with van der Waals surface area (Å²) in [6, 6.07) is 0. The minimum absolute atomic E-state index is 1.10. The van der Waals surface area contributed by atoms with Gasteiger partial charge in [0.25, 0.3) is 5.82 Å². The van der Waals surface area contributed by atoms with Crippen molar-refractivity contribution in [2.75, 3.05) is 0 Å². The molecule has 0 N–H and O–H groups in total. The van der Waals surface area contributed by atoms with Crippen LogP contribution in [-0.2, 0) is 19.5 Å². The second-order valence-electron chi connectivity index (χ2n) is 5.92. The molecule has 0 atom stereocenters. The Kier molecular flexibility index (Phi) is 9.44. The van der Waals surface area contributed by atoms with Crippen molar-refractivity contribution in [1.29, 1.82) is 0 Å². The highest BCUT2D eigenvalue weighted by atomic mass is 15.1.